The van der Waals surface area contributed by atoms with E-state index in [1.807, 2.05) is 0 Å². The van der Waals surface area contributed by atoms with Crippen LogP contribution in [0.5, 0.6) is 5.88 Å². The first-order chi connectivity index (χ1) is 14.0. The largest absolute Gasteiger partial charge is 0.469 e. The molecule has 10 heteroatoms. The summed E-state index contributed by atoms with van der Waals surface area (Å²) in [6, 6.07) is 1.54. The summed E-state index contributed by atoms with van der Waals surface area (Å²) in [6.45, 7) is 0.131. The van der Waals surface area contributed by atoms with Gasteiger partial charge in [-0.15, -0.1) is 4.36 Å². The van der Waals surface area contributed by atoms with Gasteiger partial charge < -0.3 is 15.2 Å². The van der Waals surface area contributed by atoms with Gasteiger partial charge in [0.1, 0.15) is 11.0 Å². The Morgan fingerprint density at radius 1 is 1.31 bits per heavy atom. The second-order valence-corrected chi connectivity index (χ2v) is 9.50. The molecule has 5 rings (SSSR count). The van der Waals surface area contributed by atoms with Crippen molar-refractivity contribution in [2.45, 2.75) is 56.1 Å². The summed E-state index contributed by atoms with van der Waals surface area (Å²) >= 11 is 0. The van der Waals surface area contributed by atoms with E-state index in [9.17, 15) is 14.1 Å². The molecule has 4 N–H and O–H groups in total. The third kappa shape index (κ3) is 3.11. The van der Waals surface area contributed by atoms with Crippen molar-refractivity contribution in [2.24, 2.45) is 9.50 Å². The number of nitrogens with zero attached hydrogens (tertiary/aromatic N) is 3. The highest BCUT2D eigenvalue weighted by atomic mass is 32.2. The molecule has 2 heterocycles. The number of benzene rings is 1. The molecule has 2 aromatic rings. The van der Waals surface area contributed by atoms with Gasteiger partial charge in [-0.1, -0.05) is 6.07 Å². The van der Waals surface area contributed by atoms with Crippen molar-refractivity contribution in [3.63, 3.8) is 0 Å². The van der Waals surface area contributed by atoms with Crippen LogP contribution in [0.4, 0.5) is 10.5 Å². The van der Waals surface area contributed by atoms with Gasteiger partial charge in [-0.2, -0.15) is 5.10 Å². The fourth-order valence-corrected chi connectivity index (χ4v) is 5.55. The Morgan fingerprint density at radius 2 is 2.00 bits per heavy atom. The number of hydrogen-bond acceptors (Lipinski definition) is 5. The molecule has 3 aliphatic rings. The van der Waals surface area contributed by atoms with E-state index in [2.05, 4.69) is 20.8 Å². The average molecular weight is 417 g/mol. The van der Waals surface area contributed by atoms with Gasteiger partial charge in [0, 0.05) is 5.69 Å². The first kappa shape index (κ1) is 18.6. The van der Waals surface area contributed by atoms with E-state index in [-0.39, 0.29) is 17.4 Å². The Balaban J connectivity index is 1.46. The number of fused-ring (bicyclic) bond motifs is 3. The molecule has 0 spiro atoms. The number of nitrogens with one attached hydrogen (secondary N) is 1. The van der Waals surface area contributed by atoms with Crippen LogP contribution in [0.3, 0.4) is 0 Å². The Kier molecular flexibility index (Phi) is 4.37. The highest BCUT2D eigenvalue weighted by Crippen LogP contribution is 2.38. The monoisotopic (exact) mass is 417 g/mol. The number of aliphatic hydroxyl groups excluding tert-OH is 1. The maximum Gasteiger partial charge on any atom is 0.354 e. The van der Waals surface area contributed by atoms with E-state index in [0.717, 1.165) is 44.2 Å². The number of carbonyl (C=O) groups is 1. The number of hydrogen-bond donors (Lipinski definition) is 3. The van der Waals surface area contributed by atoms with Crippen LogP contribution in [0, 0.1) is 0 Å². The van der Waals surface area contributed by atoms with Crippen molar-refractivity contribution in [1.82, 2.24) is 9.78 Å². The minimum absolute atomic E-state index is 0.0621. The minimum Gasteiger partial charge on any atom is -0.469 e. The zero-order chi connectivity index (χ0) is 20.2. The number of carbonyl (C=O) groups excluding carboxylic acids is 1. The van der Waals surface area contributed by atoms with Crippen molar-refractivity contribution >= 4 is 21.6 Å². The van der Waals surface area contributed by atoms with Gasteiger partial charge in [0.15, 0.2) is 9.92 Å². The molecule has 2 atom stereocenters. The molecular weight excluding hydrogens is 394 g/mol. The molecular formula is C19H23N5O4S. The summed E-state index contributed by atoms with van der Waals surface area (Å²) in [5, 5.41) is 22.1. The second-order valence-electron chi connectivity index (χ2n) is 7.74. The van der Waals surface area contributed by atoms with Crippen LogP contribution < -0.4 is 15.2 Å². The lowest BCUT2D eigenvalue weighted by Crippen LogP contribution is -2.21. The molecule has 1 aliphatic heterocycles. The lowest BCUT2D eigenvalue weighted by Gasteiger charge is -2.15. The molecule has 1 aromatic heterocycles. The normalized spacial score (nSPS) is 21.1. The number of aliphatic hydroxyl groups is 1. The van der Waals surface area contributed by atoms with E-state index in [1.165, 1.54) is 33.1 Å². The molecule has 0 bridgehead atoms. The number of ether oxygens (including phenoxy) is 1. The lowest BCUT2D eigenvalue weighted by atomic mass is 9.99. The van der Waals surface area contributed by atoms with Crippen molar-refractivity contribution in [1.29, 1.82) is 0 Å². The van der Waals surface area contributed by atoms with E-state index in [0.29, 0.717) is 6.54 Å². The second kappa shape index (κ2) is 6.82. The van der Waals surface area contributed by atoms with Gasteiger partial charge in [0.2, 0.25) is 5.88 Å². The molecule has 0 saturated heterocycles. The summed E-state index contributed by atoms with van der Waals surface area (Å²) in [5.74, 6) is 0.189. The Hall–Kier alpha value is -2.43. The first-order valence-electron chi connectivity index (χ1n) is 9.82. The summed E-state index contributed by atoms with van der Waals surface area (Å²) in [7, 11) is -3.55. The van der Waals surface area contributed by atoms with Gasteiger partial charge in [-0.3, -0.25) is 0 Å². The van der Waals surface area contributed by atoms with Gasteiger partial charge in [-0.25, -0.2) is 18.8 Å². The smallest absolute Gasteiger partial charge is 0.354 e. The molecule has 2 aliphatic carbocycles. The topological polar surface area (TPSA) is 132 Å². The number of aryl methyl sites for hydroxylation is 2. The molecule has 29 heavy (non-hydrogen) atoms. The van der Waals surface area contributed by atoms with E-state index in [1.54, 1.807) is 0 Å². The number of nitrogens with two attached hydrogens (primary N) is 1. The predicted molar refractivity (Wildman–Crippen MR) is 106 cm³/mol. The molecule has 154 valence electrons. The average Bonchev–Trinajstić information content (AvgIpc) is 3.43. The molecule has 0 fully saturated rings. The van der Waals surface area contributed by atoms with E-state index >= 15 is 0 Å². The van der Waals surface area contributed by atoms with E-state index < -0.39 is 22.1 Å². The summed E-state index contributed by atoms with van der Waals surface area (Å²) in [5.41, 5.74) is 5.73. The lowest BCUT2D eigenvalue weighted by molar-refractivity contribution is 0.130. The number of urea groups is 1. The van der Waals surface area contributed by atoms with Crippen molar-refractivity contribution in [2.75, 3.05) is 11.9 Å². The fraction of sp³-hybridized carbons (Fsp3) is 0.474. The Morgan fingerprint density at radius 3 is 2.66 bits per heavy atom. The molecule has 1 unspecified atom stereocenters. The summed E-state index contributed by atoms with van der Waals surface area (Å²) in [4.78, 5) is 12.8. The highest BCUT2D eigenvalue weighted by Gasteiger charge is 2.31. The fourth-order valence-electron chi connectivity index (χ4n) is 4.56. The number of aromatic nitrogens is 2. The van der Waals surface area contributed by atoms with Gasteiger partial charge in [0.05, 0.1) is 19.3 Å². The highest BCUT2D eigenvalue weighted by molar-refractivity contribution is 7.91. The van der Waals surface area contributed by atoms with Crippen molar-refractivity contribution < 1.29 is 18.8 Å². The molecule has 9 nitrogen and oxygen atoms in total. The Labute approximate surface area is 168 Å². The molecule has 1 aromatic carbocycles. The third-order valence-corrected chi connectivity index (χ3v) is 7.20. The van der Waals surface area contributed by atoms with Crippen LogP contribution >= 0.6 is 0 Å². The van der Waals surface area contributed by atoms with Gasteiger partial charge in [0.25, 0.3) is 0 Å². The zero-order valence-electron chi connectivity index (χ0n) is 15.9. The molecule has 0 saturated carbocycles. The summed E-state index contributed by atoms with van der Waals surface area (Å²) < 4.78 is 23.8. The standard InChI is InChI=1S/C19H23N5O4S/c20-29(27,16-8-21-24-9-13(10-25)28-18(16)24)23-19(26)22-17-14-5-1-3-11(14)7-12-4-2-6-15(12)17/h7-8,13,25H,1-6,9-10H2,(H3,20,22,23,26,27)/t13-,29?/m0/s1. The molecule has 2 amide bonds. The van der Waals surface area contributed by atoms with Crippen LogP contribution in [0.2, 0.25) is 0 Å². The quantitative estimate of drug-likeness (QED) is 0.697. The van der Waals surface area contributed by atoms with Crippen LogP contribution in [0.25, 0.3) is 0 Å². The van der Waals surface area contributed by atoms with Crippen molar-refractivity contribution in [3.8, 4) is 5.88 Å². The molecule has 0 radical (unpaired) electrons. The van der Waals surface area contributed by atoms with Crippen LogP contribution in [-0.4, -0.2) is 37.8 Å². The van der Waals surface area contributed by atoms with Crippen LogP contribution in [-0.2, 0) is 42.1 Å². The zero-order valence-corrected chi connectivity index (χ0v) is 16.7. The SMILES string of the molecule is NS(=O)(=NC(=O)Nc1c2c(cc3c1CCC3)CCC2)c1cnn2c1O[C@H](CO)C2. The van der Waals surface area contributed by atoms with Gasteiger partial charge >= 0.3 is 6.03 Å². The Bertz CT molecular complexity index is 1100. The maximum atomic E-state index is 13.0. The minimum atomic E-state index is -3.55. The van der Waals surface area contributed by atoms with Crippen LogP contribution in [0.1, 0.15) is 35.1 Å². The maximum absolute atomic E-state index is 13.0. The number of rotatable bonds is 3. The van der Waals surface area contributed by atoms with Gasteiger partial charge in [-0.05, 0) is 60.8 Å². The van der Waals surface area contributed by atoms with Crippen LogP contribution in [0.15, 0.2) is 21.5 Å². The summed E-state index contributed by atoms with van der Waals surface area (Å²) in [6.07, 6.45) is 6.84. The van der Waals surface area contributed by atoms with Crippen molar-refractivity contribution in [3.05, 3.63) is 34.5 Å². The predicted octanol–water partition coefficient (Wildman–Crippen LogP) is 1.55. The number of amides is 2. The third-order valence-electron chi connectivity index (χ3n) is 5.86. The first-order valence-corrected chi connectivity index (χ1v) is 11.4. The number of anilines is 1. The van der Waals surface area contributed by atoms with E-state index in [4.69, 9.17) is 9.88 Å².